The van der Waals surface area contributed by atoms with Gasteiger partial charge in [-0.3, -0.25) is 10.1 Å². The minimum Gasteiger partial charge on any atom is -0.484 e. The summed E-state index contributed by atoms with van der Waals surface area (Å²) in [4.78, 5) is 11.8. The Bertz CT molecular complexity index is 597. The summed E-state index contributed by atoms with van der Waals surface area (Å²) in [6.45, 7) is 4.22. The molecule has 0 atom stereocenters. The van der Waals surface area contributed by atoms with E-state index in [9.17, 15) is 4.79 Å². The molecule has 1 N–H and O–H groups in total. The van der Waals surface area contributed by atoms with Crippen molar-refractivity contribution in [3.8, 4) is 5.75 Å². The monoisotopic (exact) mass is 323 g/mol. The number of benzene rings is 1. The van der Waals surface area contributed by atoms with Crippen molar-refractivity contribution in [1.29, 1.82) is 0 Å². The number of amides is 1. The molecule has 5 nitrogen and oxygen atoms in total. The van der Waals surface area contributed by atoms with E-state index in [2.05, 4.69) is 29.4 Å². The number of nitrogens with one attached hydrogen (secondary N) is 1. The highest BCUT2D eigenvalue weighted by molar-refractivity contribution is 8.00. The maximum atomic E-state index is 11.8. The van der Waals surface area contributed by atoms with E-state index in [1.54, 1.807) is 0 Å². The molecule has 1 aromatic heterocycles. The molecule has 1 aromatic carbocycles. The smallest absolute Gasteiger partial charge is 0.264 e. The third kappa shape index (κ3) is 4.71. The van der Waals surface area contributed by atoms with Gasteiger partial charge in [0.15, 0.2) is 10.9 Å². The molecule has 0 bridgehead atoms. The van der Waals surface area contributed by atoms with Crippen LogP contribution in [0.3, 0.4) is 0 Å². The number of hydrogen-bond acceptors (Lipinski definition) is 6. The summed E-state index contributed by atoms with van der Waals surface area (Å²) >= 11 is 2.83. The SMILES string of the molecule is CSc1nnc(NC(=O)COc2ccc(C(C)C)cc2)s1. The molecule has 0 unspecified atom stereocenters. The van der Waals surface area contributed by atoms with Crippen LogP contribution in [-0.4, -0.2) is 29.0 Å². The van der Waals surface area contributed by atoms with Crippen molar-refractivity contribution in [3.05, 3.63) is 29.8 Å². The molecule has 0 aliphatic carbocycles. The number of nitrogens with zero attached hydrogens (tertiary/aromatic N) is 2. The summed E-state index contributed by atoms with van der Waals surface area (Å²) in [5, 5.41) is 10.9. The van der Waals surface area contributed by atoms with Gasteiger partial charge in [-0.25, -0.2) is 0 Å². The van der Waals surface area contributed by atoms with Gasteiger partial charge in [0.1, 0.15) is 5.75 Å². The number of ether oxygens (including phenoxy) is 1. The number of thioether (sulfide) groups is 1. The lowest BCUT2D eigenvalue weighted by molar-refractivity contribution is -0.118. The normalized spacial score (nSPS) is 10.7. The molecule has 112 valence electrons. The Morgan fingerprint density at radius 3 is 2.62 bits per heavy atom. The van der Waals surface area contributed by atoms with E-state index in [-0.39, 0.29) is 12.5 Å². The van der Waals surface area contributed by atoms with Crippen LogP contribution in [0.25, 0.3) is 0 Å². The zero-order chi connectivity index (χ0) is 15.2. The molecule has 2 aromatic rings. The Labute approximate surface area is 132 Å². The molecule has 0 aliphatic heterocycles. The lowest BCUT2D eigenvalue weighted by atomic mass is 10.0. The lowest BCUT2D eigenvalue weighted by Gasteiger charge is -2.08. The molecule has 1 heterocycles. The zero-order valence-corrected chi connectivity index (χ0v) is 13.8. The predicted molar refractivity (Wildman–Crippen MR) is 86.3 cm³/mol. The second-order valence-corrected chi connectivity index (χ2v) is 6.67. The van der Waals surface area contributed by atoms with Crippen molar-refractivity contribution in [1.82, 2.24) is 10.2 Å². The van der Waals surface area contributed by atoms with Crippen molar-refractivity contribution in [2.45, 2.75) is 24.1 Å². The Morgan fingerprint density at radius 2 is 2.05 bits per heavy atom. The average Bonchev–Trinajstić information content (AvgIpc) is 2.93. The highest BCUT2D eigenvalue weighted by Crippen LogP contribution is 2.23. The molecule has 0 saturated carbocycles. The van der Waals surface area contributed by atoms with E-state index in [0.717, 1.165) is 4.34 Å². The molecule has 2 rings (SSSR count). The first-order chi connectivity index (χ1) is 10.1. The maximum Gasteiger partial charge on any atom is 0.264 e. The summed E-state index contributed by atoms with van der Waals surface area (Å²) in [6, 6.07) is 7.76. The van der Waals surface area contributed by atoms with Gasteiger partial charge in [-0.05, 0) is 29.9 Å². The Kier molecular flexibility index (Phi) is 5.58. The largest absolute Gasteiger partial charge is 0.484 e. The van der Waals surface area contributed by atoms with Crippen LogP contribution in [-0.2, 0) is 4.79 Å². The minimum absolute atomic E-state index is 0.0464. The summed E-state index contributed by atoms with van der Waals surface area (Å²) in [5.74, 6) is 0.911. The van der Waals surface area contributed by atoms with Gasteiger partial charge in [-0.2, -0.15) is 0 Å². The number of carbonyl (C=O) groups excluding carboxylic acids is 1. The predicted octanol–water partition coefficient (Wildman–Crippen LogP) is 3.40. The van der Waals surface area contributed by atoms with Gasteiger partial charge in [-0.15, -0.1) is 10.2 Å². The second kappa shape index (κ2) is 7.42. The van der Waals surface area contributed by atoms with E-state index in [4.69, 9.17) is 4.74 Å². The molecular weight excluding hydrogens is 306 g/mol. The summed E-state index contributed by atoms with van der Waals surface area (Å²) in [5.41, 5.74) is 1.24. The topological polar surface area (TPSA) is 64.1 Å². The molecule has 7 heteroatoms. The van der Waals surface area contributed by atoms with Gasteiger partial charge in [0.2, 0.25) is 5.13 Å². The van der Waals surface area contributed by atoms with Crippen molar-refractivity contribution in [3.63, 3.8) is 0 Å². The summed E-state index contributed by atoms with van der Waals surface area (Å²) < 4.78 is 6.26. The summed E-state index contributed by atoms with van der Waals surface area (Å²) in [6.07, 6.45) is 1.91. The third-order valence-electron chi connectivity index (χ3n) is 2.74. The molecule has 21 heavy (non-hydrogen) atoms. The lowest BCUT2D eigenvalue weighted by Crippen LogP contribution is -2.20. The van der Waals surface area contributed by atoms with E-state index < -0.39 is 0 Å². The van der Waals surface area contributed by atoms with Crippen LogP contribution < -0.4 is 10.1 Å². The van der Waals surface area contributed by atoms with Gasteiger partial charge in [0, 0.05) is 0 Å². The standard InChI is InChI=1S/C14H17N3O2S2/c1-9(2)10-4-6-11(7-5-10)19-8-12(18)15-13-16-17-14(20-3)21-13/h4-7,9H,8H2,1-3H3,(H,15,16,18). The first-order valence-corrected chi connectivity index (χ1v) is 8.52. The Hall–Kier alpha value is -1.60. The van der Waals surface area contributed by atoms with Crippen LogP contribution in [0.5, 0.6) is 5.75 Å². The van der Waals surface area contributed by atoms with E-state index in [1.807, 2.05) is 30.5 Å². The molecule has 0 aliphatic rings. The van der Waals surface area contributed by atoms with Crippen molar-refractivity contribution in [2.24, 2.45) is 0 Å². The van der Waals surface area contributed by atoms with Crippen LogP contribution in [0.15, 0.2) is 28.6 Å². The summed E-state index contributed by atoms with van der Waals surface area (Å²) in [7, 11) is 0. The van der Waals surface area contributed by atoms with Gasteiger partial charge in [-0.1, -0.05) is 49.1 Å². The maximum absolute atomic E-state index is 11.8. The fourth-order valence-electron chi connectivity index (χ4n) is 1.60. The third-order valence-corrected chi connectivity index (χ3v) is 4.56. The van der Waals surface area contributed by atoms with Gasteiger partial charge in [0.25, 0.3) is 5.91 Å². The number of anilines is 1. The highest BCUT2D eigenvalue weighted by atomic mass is 32.2. The number of carbonyl (C=O) groups is 1. The zero-order valence-electron chi connectivity index (χ0n) is 12.1. The van der Waals surface area contributed by atoms with Gasteiger partial charge >= 0.3 is 0 Å². The van der Waals surface area contributed by atoms with Crippen LogP contribution >= 0.6 is 23.1 Å². The fraction of sp³-hybridized carbons (Fsp3) is 0.357. The average molecular weight is 323 g/mol. The highest BCUT2D eigenvalue weighted by Gasteiger charge is 2.08. The van der Waals surface area contributed by atoms with E-state index >= 15 is 0 Å². The molecule has 0 saturated heterocycles. The second-order valence-electron chi connectivity index (χ2n) is 4.64. The van der Waals surface area contributed by atoms with E-state index in [1.165, 1.54) is 28.7 Å². The van der Waals surface area contributed by atoms with Gasteiger partial charge in [0.05, 0.1) is 0 Å². The Morgan fingerprint density at radius 1 is 1.33 bits per heavy atom. The van der Waals surface area contributed by atoms with E-state index in [0.29, 0.717) is 16.8 Å². The van der Waals surface area contributed by atoms with Crippen molar-refractivity contribution < 1.29 is 9.53 Å². The van der Waals surface area contributed by atoms with Gasteiger partial charge < -0.3 is 4.74 Å². The van der Waals surface area contributed by atoms with Crippen LogP contribution in [0.2, 0.25) is 0 Å². The van der Waals surface area contributed by atoms with Crippen LogP contribution in [0, 0.1) is 0 Å². The minimum atomic E-state index is -0.244. The molecule has 0 fully saturated rings. The van der Waals surface area contributed by atoms with Crippen LogP contribution in [0.1, 0.15) is 25.3 Å². The van der Waals surface area contributed by atoms with Crippen molar-refractivity contribution in [2.75, 3.05) is 18.2 Å². The molecule has 0 spiro atoms. The Balaban J connectivity index is 1.83. The number of rotatable bonds is 6. The molecule has 1 amide bonds. The number of aromatic nitrogens is 2. The molecule has 0 radical (unpaired) electrons. The molecular formula is C14H17N3O2S2. The number of hydrogen-bond donors (Lipinski definition) is 1. The van der Waals surface area contributed by atoms with Crippen LogP contribution in [0.4, 0.5) is 5.13 Å². The first kappa shape index (κ1) is 15.8. The quantitative estimate of drug-likeness (QED) is 0.652. The fourth-order valence-corrected chi connectivity index (χ4v) is 2.78. The van der Waals surface area contributed by atoms with Crippen molar-refractivity contribution >= 4 is 34.1 Å². The first-order valence-electron chi connectivity index (χ1n) is 6.48.